The van der Waals surface area contributed by atoms with Crippen molar-refractivity contribution in [3.63, 3.8) is 0 Å². The fourth-order valence-corrected chi connectivity index (χ4v) is 1.80. The van der Waals surface area contributed by atoms with E-state index in [4.69, 9.17) is 4.74 Å². The summed E-state index contributed by atoms with van der Waals surface area (Å²) in [6, 6.07) is 10.0. The maximum atomic E-state index is 11.0. The molecule has 0 aromatic heterocycles. The molecule has 0 radical (unpaired) electrons. The second kappa shape index (κ2) is 7.07. The van der Waals surface area contributed by atoms with Crippen LogP contribution in [0.15, 0.2) is 52.7 Å². The van der Waals surface area contributed by atoms with Gasteiger partial charge in [0.05, 0.1) is 22.1 Å². The molecule has 0 saturated carbocycles. The molecule has 0 aliphatic heterocycles. The van der Waals surface area contributed by atoms with E-state index in [9.17, 15) is 20.2 Å². The van der Waals surface area contributed by atoms with Crippen LogP contribution in [-0.4, -0.2) is 16.5 Å². The Balaban J connectivity index is 2.38. The fraction of sp³-hybridized carbons (Fsp3) is 0.143. The van der Waals surface area contributed by atoms with Crippen LogP contribution in [0.4, 0.5) is 22.7 Å². The van der Waals surface area contributed by atoms with Gasteiger partial charge in [0.25, 0.3) is 0 Å². The first-order chi connectivity index (χ1) is 11.0. The zero-order valence-corrected chi connectivity index (χ0v) is 12.1. The van der Waals surface area contributed by atoms with Crippen LogP contribution in [0.3, 0.4) is 0 Å². The molecule has 0 atom stereocenters. The molecule has 0 unspecified atom stereocenters. The summed E-state index contributed by atoms with van der Waals surface area (Å²) in [5.41, 5.74) is -0.958. The lowest BCUT2D eigenvalue weighted by molar-refractivity contribution is -0.392. The summed E-state index contributed by atoms with van der Waals surface area (Å²) in [4.78, 5) is 20.5. The summed E-state index contributed by atoms with van der Waals surface area (Å²) in [5.74, 6) is 0.642. The summed E-state index contributed by atoms with van der Waals surface area (Å²) in [6.45, 7) is 2.37. The monoisotopic (exact) mass is 316 g/mol. The number of hydrogen-bond acceptors (Lipinski definition) is 7. The smallest absolute Gasteiger partial charge is 0.303 e. The van der Waals surface area contributed by atoms with Gasteiger partial charge >= 0.3 is 11.4 Å². The molecule has 0 heterocycles. The lowest BCUT2D eigenvalue weighted by Gasteiger charge is -2.02. The Bertz CT molecular complexity index is 726. The van der Waals surface area contributed by atoms with Crippen molar-refractivity contribution in [2.45, 2.75) is 6.92 Å². The van der Waals surface area contributed by atoms with E-state index in [2.05, 4.69) is 10.2 Å². The van der Waals surface area contributed by atoms with Gasteiger partial charge in [-0.1, -0.05) is 0 Å². The first-order valence-electron chi connectivity index (χ1n) is 6.59. The molecule has 9 nitrogen and oxygen atoms in total. The van der Waals surface area contributed by atoms with Crippen molar-refractivity contribution in [3.05, 3.63) is 62.7 Å². The van der Waals surface area contributed by atoms with Gasteiger partial charge in [-0.2, -0.15) is 5.11 Å². The van der Waals surface area contributed by atoms with Gasteiger partial charge in [-0.05, 0) is 37.3 Å². The van der Waals surface area contributed by atoms with Crippen LogP contribution in [0.2, 0.25) is 0 Å². The van der Waals surface area contributed by atoms with Crippen LogP contribution < -0.4 is 4.74 Å². The third-order valence-electron chi connectivity index (χ3n) is 2.80. The van der Waals surface area contributed by atoms with E-state index in [1.165, 1.54) is 6.07 Å². The third kappa shape index (κ3) is 3.84. The molecule has 0 amide bonds. The number of ether oxygens (including phenoxy) is 1. The molecule has 9 heteroatoms. The summed E-state index contributed by atoms with van der Waals surface area (Å²) < 4.78 is 5.27. The van der Waals surface area contributed by atoms with Crippen LogP contribution in [0.1, 0.15) is 6.92 Å². The predicted octanol–water partition coefficient (Wildman–Crippen LogP) is 4.32. The Labute approximate surface area is 130 Å². The van der Waals surface area contributed by atoms with Gasteiger partial charge in [-0.3, -0.25) is 20.2 Å². The second-order valence-electron chi connectivity index (χ2n) is 4.29. The molecule has 2 aromatic carbocycles. The van der Waals surface area contributed by atoms with Crippen molar-refractivity contribution in [1.82, 2.24) is 0 Å². The second-order valence-corrected chi connectivity index (χ2v) is 4.29. The Morgan fingerprint density at radius 3 is 2.00 bits per heavy atom. The van der Waals surface area contributed by atoms with E-state index in [-0.39, 0.29) is 0 Å². The van der Waals surface area contributed by atoms with Crippen LogP contribution in [0, 0.1) is 20.2 Å². The van der Waals surface area contributed by atoms with Crippen molar-refractivity contribution in [2.75, 3.05) is 6.61 Å². The molecule has 0 aliphatic rings. The number of nitro benzene ring substituents is 2. The number of hydrogen-bond donors (Lipinski definition) is 0. The van der Waals surface area contributed by atoms with Crippen molar-refractivity contribution >= 4 is 22.7 Å². The average molecular weight is 316 g/mol. The number of benzene rings is 2. The Morgan fingerprint density at radius 2 is 1.52 bits per heavy atom. The van der Waals surface area contributed by atoms with Crippen molar-refractivity contribution in [2.24, 2.45) is 10.2 Å². The standard InChI is InChI=1S/C14H12N4O5/c1-2-23-11-8-6-10(7-9-11)15-16-14-12(17(19)20)4-3-5-13(14)18(21)22/h3-9H,2H2,1H3. The van der Waals surface area contributed by atoms with Gasteiger partial charge in [0.2, 0.25) is 5.69 Å². The maximum Gasteiger partial charge on any atom is 0.303 e. The van der Waals surface area contributed by atoms with Crippen molar-refractivity contribution in [3.8, 4) is 5.75 Å². The van der Waals surface area contributed by atoms with Gasteiger partial charge in [0.1, 0.15) is 5.75 Å². The van der Waals surface area contributed by atoms with E-state index in [0.717, 1.165) is 12.1 Å². The molecule has 0 bridgehead atoms. The Kier molecular flexibility index (Phi) is 4.92. The molecule has 0 saturated heterocycles. The first kappa shape index (κ1) is 16.0. The highest BCUT2D eigenvalue weighted by Crippen LogP contribution is 2.37. The van der Waals surface area contributed by atoms with Crippen molar-refractivity contribution in [1.29, 1.82) is 0 Å². The molecule has 0 spiro atoms. The zero-order chi connectivity index (χ0) is 16.8. The van der Waals surface area contributed by atoms with E-state index >= 15 is 0 Å². The van der Waals surface area contributed by atoms with Crippen LogP contribution in [0.5, 0.6) is 5.75 Å². The molecular formula is C14H12N4O5. The zero-order valence-electron chi connectivity index (χ0n) is 12.1. The third-order valence-corrected chi connectivity index (χ3v) is 2.80. The molecule has 118 valence electrons. The predicted molar refractivity (Wildman–Crippen MR) is 81.5 cm³/mol. The maximum absolute atomic E-state index is 11.0. The lowest BCUT2D eigenvalue weighted by Crippen LogP contribution is -1.93. The molecule has 2 aromatic rings. The SMILES string of the molecule is CCOc1ccc(N=Nc2c([N+](=O)[O-])cccc2[N+](=O)[O-])cc1. The Morgan fingerprint density at radius 1 is 0.957 bits per heavy atom. The highest BCUT2D eigenvalue weighted by molar-refractivity contribution is 5.69. The van der Waals surface area contributed by atoms with Crippen LogP contribution in [-0.2, 0) is 0 Å². The number of azo groups is 1. The number of nitro groups is 2. The highest BCUT2D eigenvalue weighted by Gasteiger charge is 2.24. The van der Waals surface area contributed by atoms with E-state index in [1.54, 1.807) is 24.3 Å². The lowest BCUT2D eigenvalue weighted by atomic mass is 10.2. The number of nitrogens with zero attached hydrogens (tertiary/aromatic N) is 4. The van der Waals surface area contributed by atoms with Gasteiger partial charge in [-0.15, -0.1) is 5.11 Å². The molecule has 23 heavy (non-hydrogen) atoms. The fourth-order valence-electron chi connectivity index (χ4n) is 1.80. The quantitative estimate of drug-likeness (QED) is 0.446. The van der Waals surface area contributed by atoms with Gasteiger partial charge in [0.15, 0.2) is 0 Å². The molecule has 0 fully saturated rings. The average Bonchev–Trinajstić information content (AvgIpc) is 2.54. The minimum Gasteiger partial charge on any atom is -0.494 e. The number of rotatable bonds is 6. The van der Waals surface area contributed by atoms with E-state index in [1.807, 2.05) is 6.92 Å². The normalized spacial score (nSPS) is 10.7. The summed E-state index contributed by atoms with van der Waals surface area (Å²) in [6.07, 6.45) is 0. The Hall–Kier alpha value is -3.36. The van der Waals surface area contributed by atoms with Crippen LogP contribution >= 0.6 is 0 Å². The van der Waals surface area contributed by atoms with E-state index < -0.39 is 26.9 Å². The van der Waals surface area contributed by atoms with Crippen molar-refractivity contribution < 1.29 is 14.6 Å². The molecule has 0 N–H and O–H groups in total. The van der Waals surface area contributed by atoms with Crippen LogP contribution in [0.25, 0.3) is 0 Å². The van der Waals surface area contributed by atoms with E-state index in [0.29, 0.717) is 18.0 Å². The highest BCUT2D eigenvalue weighted by atomic mass is 16.6. The molecular weight excluding hydrogens is 304 g/mol. The molecule has 2 rings (SSSR count). The first-order valence-corrected chi connectivity index (χ1v) is 6.59. The summed E-state index contributed by atoms with van der Waals surface area (Å²) in [7, 11) is 0. The van der Waals surface area contributed by atoms with Gasteiger partial charge < -0.3 is 4.74 Å². The molecule has 0 aliphatic carbocycles. The minimum atomic E-state index is -0.737. The minimum absolute atomic E-state index is 0.390. The summed E-state index contributed by atoms with van der Waals surface area (Å²) in [5, 5.41) is 29.5. The summed E-state index contributed by atoms with van der Waals surface area (Å²) >= 11 is 0. The van der Waals surface area contributed by atoms with Gasteiger partial charge in [0, 0.05) is 12.1 Å². The largest absolute Gasteiger partial charge is 0.494 e. The van der Waals surface area contributed by atoms with Gasteiger partial charge in [-0.25, -0.2) is 0 Å². The topological polar surface area (TPSA) is 120 Å².